The van der Waals surface area contributed by atoms with Crippen LogP contribution in [0.1, 0.15) is 73.6 Å². The van der Waals surface area contributed by atoms with Gasteiger partial charge in [0, 0.05) is 0 Å². The van der Waals surface area contributed by atoms with Crippen LogP contribution in [-0.2, 0) is 4.79 Å². The van der Waals surface area contributed by atoms with Crippen molar-refractivity contribution in [3.05, 3.63) is 22.8 Å². The van der Waals surface area contributed by atoms with Gasteiger partial charge in [0.05, 0.1) is 0 Å². The summed E-state index contributed by atoms with van der Waals surface area (Å²) in [5.74, 6) is 0. The first-order valence-electron chi connectivity index (χ1n) is 7.27. The van der Waals surface area contributed by atoms with E-state index in [0.29, 0.717) is 5.41 Å². The highest BCUT2D eigenvalue weighted by molar-refractivity contribution is 5.65. The zero-order valence-corrected chi connectivity index (χ0v) is 13.1. The van der Waals surface area contributed by atoms with Crippen molar-refractivity contribution in [1.82, 2.24) is 0 Å². The van der Waals surface area contributed by atoms with Crippen molar-refractivity contribution in [3.8, 4) is 0 Å². The average Bonchev–Trinajstić information content (AvgIpc) is 2.30. The fraction of sp³-hybridized carbons (Fsp3) is 0.706. The molecular weight excluding hydrogens is 220 g/mol. The zero-order valence-electron chi connectivity index (χ0n) is 13.1. The number of carbonyl (C=O) groups is 1. The molecule has 1 aliphatic rings. The van der Waals surface area contributed by atoms with E-state index >= 15 is 0 Å². The molecule has 0 atom stereocenters. The summed E-state index contributed by atoms with van der Waals surface area (Å²) >= 11 is 0. The van der Waals surface area contributed by atoms with E-state index in [1.54, 1.807) is 17.2 Å². The van der Waals surface area contributed by atoms with Gasteiger partial charge in [-0.3, -0.25) is 4.79 Å². The molecule has 1 nitrogen and oxygen atoms in total. The third-order valence-corrected chi connectivity index (χ3v) is 3.81. The van der Waals surface area contributed by atoms with Crippen molar-refractivity contribution in [2.75, 3.05) is 0 Å². The van der Waals surface area contributed by atoms with E-state index in [-0.39, 0.29) is 0 Å². The molecule has 0 unspecified atom stereocenters. The highest BCUT2D eigenvalue weighted by Crippen LogP contribution is 2.42. The molecule has 18 heavy (non-hydrogen) atoms. The van der Waals surface area contributed by atoms with Gasteiger partial charge in [0.1, 0.15) is 6.29 Å². The minimum Gasteiger partial charge on any atom is -0.299 e. The smallest absolute Gasteiger partial charge is 0.142 e. The first kappa shape index (κ1) is 17.2. The maximum Gasteiger partial charge on any atom is 0.142 e. The zero-order chi connectivity index (χ0) is 14.2. The van der Waals surface area contributed by atoms with Crippen LogP contribution < -0.4 is 0 Å². The Bertz CT molecular complexity index is 319. The van der Waals surface area contributed by atoms with Crippen molar-refractivity contribution < 1.29 is 4.79 Å². The summed E-state index contributed by atoms with van der Waals surface area (Å²) < 4.78 is 0. The molecule has 0 radical (unpaired) electrons. The summed E-state index contributed by atoms with van der Waals surface area (Å²) in [5, 5.41) is 0. The molecule has 0 fully saturated rings. The van der Waals surface area contributed by atoms with Gasteiger partial charge in [-0.2, -0.15) is 0 Å². The van der Waals surface area contributed by atoms with Gasteiger partial charge in [-0.1, -0.05) is 44.4 Å². The van der Waals surface area contributed by atoms with E-state index in [2.05, 4.69) is 20.8 Å². The third kappa shape index (κ3) is 5.20. The van der Waals surface area contributed by atoms with Crippen molar-refractivity contribution in [1.29, 1.82) is 0 Å². The van der Waals surface area contributed by atoms with E-state index in [9.17, 15) is 4.79 Å². The molecule has 0 aliphatic heterocycles. The largest absolute Gasteiger partial charge is 0.299 e. The molecule has 0 spiro atoms. The minimum atomic E-state index is 0.365. The Balaban J connectivity index is 0.00000137. The van der Waals surface area contributed by atoms with Gasteiger partial charge >= 0.3 is 0 Å². The number of rotatable bonds is 4. The Hall–Kier alpha value is -0.850. The molecule has 0 N–H and O–H groups in total. The number of aldehydes is 1. The highest BCUT2D eigenvalue weighted by atomic mass is 16.1. The Morgan fingerprint density at radius 3 is 2.44 bits per heavy atom. The first-order chi connectivity index (χ1) is 8.47. The molecule has 0 heterocycles. The second-order valence-corrected chi connectivity index (χ2v) is 5.65. The van der Waals surface area contributed by atoms with Crippen LogP contribution in [0.15, 0.2) is 22.8 Å². The molecule has 0 aromatic carbocycles. The van der Waals surface area contributed by atoms with Gasteiger partial charge in [0.15, 0.2) is 0 Å². The summed E-state index contributed by atoms with van der Waals surface area (Å²) in [5.41, 5.74) is 4.76. The van der Waals surface area contributed by atoms with Gasteiger partial charge in [-0.15, -0.1) is 0 Å². The van der Waals surface area contributed by atoms with Crippen molar-refractivity contribution in [2.24, 2.45) is 5.41 Å². The lowest BCUT2D eigenvalue weighted by molar-refractivity contribution is -0.104. The molecule has 104 valence electrons. The summed E-state index contributed by atoms with van der Waals surface area (Å²) in [6.45, 7) is 13.0. The number of carbonyl (C=O) groups excluding carboxylic acids is 1. The van der Waals surface area contributed by atoms with Gasteiger partial charge in [-0.05, 0) is 57.4 Å². The predicted octanol–water partition coefficient (Wildman–Crippen LogP) is 5.46. The highest BCUT2D eigenvalue weighted by Gasteiger charge is 2.27. The van der Waals surface area contributed by atoms with Gasteiger partial charge in [0.2, 0.25) is 0 Å². The summed E-state index contributed by atoms with van der Waals surface area (Å²) in [6, 6.07) is 0. The summed E-state index contributed by atoms with van der Waals surface area (Å²) in [4.78, 5) is 10.4. The number of allylic oxidation sites excluding steroid dienone is 4. The summed E-state index contributed by atoms with van der Waals surface area (Å²) in [7, 11) is 0. The molecule has 0 saturated heterocycles. The van der Waals surface area contributed by atoms with Crippen LogP contribution in [0.3, 0.4) is 0 Å². The lowest BCUT2D eigenvalue weighted by Gasteiger charge is -2.34. The maximum absolute atomic E-state index is 10.4. The molecular formula is C17H30O. The Morgan fingerprint density at radius 1 is 1.33 bits per heavy atom. The van der Waals surface area contributed by atoms with Crippen molar-refractivity contribution >= 4 is 6.29 Å². The van der Waals surface area contributed by atoms with Crippen LogP contribution in [-0.4, -0.2) is 6.29 Å². The Kier molecular flexibility index (Phi) is 7.90. The normalized spacial score (nSPS) is 19.1. The van der Waals surface area contributed by atoms with E-state index in [0.717, 1.165) is 19.1 Å². The lowest BCUT2D eigenvalue weighted by Crippen LogP contribution is -2.20. The molecule has 0 aromatic heterocycles. The lowest BCUT2D eigenvalue weighted by atomic mass is 9.71. The number of hydrogen-bond acceptors (Lipinski definition) is 1. The monoisotopic (exact) mass is 250 g/mol. The molecule has 0 saturated carbocycles. The van der Waals surface area contributed by atoms with Crippen LogP contribution in [0.4, 0.5) is 0 Å². The predicted molar refractivity (Wildman–Crippen MR) is 80.7 cm³/mol. The van der Waals surface area contributed by atoms with E-state index < -0.39 is 0 Å². The molecule has 0 amide bonds. The fourth-order valence-corrected chi connectivity index (χ4v) is 2.75. The first-order valence-corrected chi connectivity index (χ1v) is 7.27. The van der Waals surface area contributed by atoms with Gasteiger partial charge < -0.3 is 0 Å². The molecule has 0 aromatic rings. The van der Waals surface area contributed by atoms with E-state index in [1.807, 2.05) is 20.8 Å². The topological polar surface area (TPSA) is 17.1 Å². The van der Waals surface area contributed by atoms with Crippen LogP contribution in [0.2, 0.25) is 0 Å². The van der Waals surface area contributed by atoms with Crippen LogP contribution in [0, 0.1) is 5.41 Å². The van der Waals surface area contributed by atoms with E-state index in [4.69, 9.17) is 0 Å². The van der Waals surface area contributed by atoms with Crippen LogP contribution in [0.5, 0.6) is 0 Å². The second-order valence-electron chi connectivity index (χ2n) is 5.65. The molecule has 1 rings (SSSR count). The van der Waals surface area contributed by atoms with Crippen LogP contribution >= 0.6 is 0 Å². The van der Waals surface area contributed by atoms with Gasteiger partial charge in [0.25, 0.3) is 0 Å². The van der Waals surface area contributed by atoms with Crippen molar-refractivity contribution in [3.63, 3.8) is 0 Å². The maximum atomic E-state index is 10.4. The molecule has 0 bridgehead atoms. The molecule has 1 aliphatic carbocycles. The molecule has 1 heteroatoms. The SMILES string of the molecule is CC.CC1=C(CC/C(C)=C/C=O)C(C)(C)CCC1. The standard InChI is InChI=1S/C15H24O.C2H6/c1-12(9-11-16)7-8-14-13(2)6-5-10-15(14,3)4;1-2/h9,11H,5-8,10H2,1-4H3;1-2H3/b12-9+;. The fourth-order valence-electron chi connectivity index (χ4n) is 2.75. The van der Waals surface area contributed by atoms with Crippen LogP contribution in [0.25, 0.3) is 0 Å². The Morgan fingerprint density at radius 2 is 1.94 bits per heavy atom. The number of hydrogen-bond donors (Lipinski definition) is 0. The van der Waals surface area contributed by atoms with Gasteiger partial charge in [-0.25, -0.2) is 0 Å². The third-order valence-electron chi connectivity index (χ3n) is 3.81. The second kappa shape index (κ2) is 8.29. The Labute approximate surface area is 113 Å². The summed E-state index contributed by atoms with van der Waals surface area (Å²) in [6.07, 6.45) is 8.61. The van der Waals surface area contributed by atoms with Crippen molar-refractivity contribution in [2.45, 2.75) is 73.6 Å². The minimum absolute atomic E-state index is 0.365. The quantitative estimate of drug-likeness (QED) is 0.367. The van der Waals surface area contributed by atoms with E-state index in [1.165, 1.54) is 24.8 Å². The average molecular weight is 250 g/mol.